The summed E-state index contributed by atoms with van der Waals surface area (Å²) in [6.45, 7) is 0. The maximum absolute atomic E-state index is 9.57. The molecule has 0 bridgehead atoms. The molecule has 1 heterocycles. The highest BCUT2D eigenvalue weighted by Gasteiger charge is 2.24. The number of aliphatic hydroxyl groups is 1. The summed E-state index contributed by atoms with van der Waals surface area (Å²) in [5.41, 5.74) is 0.994. The van der Waals surface area contributed by atoms with E-state index in [-0.39, 0.29) is 12.1 Å². The van der Waals surface area contributed by atoms with Gasteiger partial charge in [-0.3, -0.25) is 4.68 Å². The van der Waals surface area contributed by atoms with Gasteiger partial charge in [0.2, 0.25) is 0 Å². The van der Waals surface area contributed by atoms with E-state index >= 15 is 0 Å². The third-order valence-corrected chi connectivity index (χ3v) is 2.54. The van der Waals surface area contributed by atoms with Gasteiger partial charge in [0, 0.05) is 13.2 Å². The van der Waals surface area contributed by atoms with E-state index in [1.165, 1.54) is 0 Å². The van der Waals surface area contributed by atoms with Crippen molar-refractivity contribution in [2.75, 3.05) is 5.32 Å². The fourth-order valence-corrected chi connectivity index (χ4v) is 1.82. The van der Waals surface area contributed by atoms with Gasteiger partial charge in [0.1, 0.15) is 0 Å². The van der Waals surface area contributed by atoms with Crippen LogP contribution in [0.25, 0.3) is 0 Å². The number of aromatic nitrogens is 2. The lowest BCUT2D eigenvalue weighted by Crippen LogP contribution is -2.27. The number of nitrogens with one attached hydrogen (secondary N) is 1. The van der Waals surface area contributed by atoms with Crippen molar-refractivity contribution in [2.45, 2.75) is 31.4 Å². The van der Waals surface area contributed by atoms with Crippen LogP contribution in [-0.4, -0.2) is 27.0 Å². The molecule has 1 aliphatic carbocycles. The van der Waals surface area contributed by atoms with E-state index in [2.05, 4.69) is 10.4 Å². The summed E-state index contributed by atoms with van der Waals surface area (Å²) in [5, 5.41) is 16.9. The largest absolute Gasteiger partial charge is 0.391 e. The summed E-state index contributed by atoms with van der Waals surface area (Å²) >= 11 is 0. The molecule has 4 nitrogen and oxygen atoms in total. The second-order valence-electron chi connectivity index (χ2n) is 3.65. The van der Waals surface area contributed by atoms with E-state index < -0.39 is 0 Å². The quantitative estimate of drug-likeness (QED) is 0.707. The molecule has 2 N–H and O–H groups in total. The SMILES string of the molecule is Cn1cc(NC2CCCC2O)cn1. The Labute approximate surface area is 77.6 Å². The van der Waals surface area contributed by atoms with Crippen molar-refractivity contribution in [1.29, 1.82) is 0 Å². The molecule has 1 saturated carbocycles. The van der Waals surface area contributed by atoms with Crippen LogP contribution in [0.2, 0.25) is 0 Å². The normalized spacial score (nSPS) is 27.8. The molecule has 1 aromatic rings. The van der Waals surface area contributed by atoms with Crippen molar-refractivity contribution < 1.29 is 5.11 Å². The summed E-state index contributed by atoms with van der Waals surface area (Å²) in [5.74, 6) is 0. The molecule has 0 radical (unpaired) electrons. The maximum atomic E-state index is 9.57. The van der Waals surface area contributed by atoms with Crippen LogP contribution in [0, 0.1) is 0 Å². The number of nitrogens with zero attached hydrogens (tertiary/aromatic N) is 2. The molecule has 2 unspecified atom stereocenters. The van der Waals surface area contributed by atoms with E-state index in [0.717, 1.165) is 24.9 Å². The first kappa shape index (κ1) is 8.56. The van der Waals surface area contributed by atoms with Crippen LogP contribution in [0.3, 0.4) is 0 Å². The fourth-order valence-electron chi connectivity index (χ4n) is 1.82. The number of aliphatic hydroxyl groups excluding tert-OH is 1. The Morgan fingerprint density at radius 1 is 1.62 bits per heavy atom. The molecule has 13 heavy (non-hydrogen) atoms. The molecule has 0 saturated heterocycles. The Morgan fingerprint density at radius 2 is 2.46 bits per heavy atom. The zero-order chi connectivity index (χ0) is 9.26. The minimum absolute atomic E-state index is 0.194. The number of hydrogen-bond acceptors (Lipinski definition) is 3. The van der Waals surface area contributed by atoms with Crippen LogP contribution in [0.15, 0.2) is 12.4 Å². The van der Waals surface area contributed by atoms with Gasteiger partial charge >= 0.3 is 0 Å². The Balaban J connectivity index is 1.97. The van der Waals surface area contributed by atoms with Crippen LogP contribution >= 0.6 is 0 Å². The predicted octanol–water partition coefficient (Wildman–Crippen LogP) is 0.745. The summed E-state index contributed by atoms with van der Waals surface area (Å²) in [4.78, 5) is 0. The third kappa shape index (κ3) is 1.83. The van der Waals surface area contributed by atoms with Gasteiger partial charge in [-0.25, -0.2) is 0 Å². The second-order valence-corrected chi connectivity index (χ2v) is 3.65. The molecule has 4 heteroatoms. The van der Waals surface area contributed by atoms with E-state index in [9.17, 15) is 5.11 Å². The molecule has 1 aliphatic rings. The molecule has 0 spiro atoms. The lowest BCUT2D eigenvalue weighted by Gasteiger charge is -2.15. The number of anilines is 1. The van der Waals surface area contributed by atoms with Gasteiger partial charge in [-0.05, 0) is 19.3 Å². The van der Waals surface area contributed by atoms with Crippen molar-refractivity contribution in [1.82, 2.24) is 9.78 Å². The lowest BCUT2D eigenvalue weighted by atomic mass is 10.2. The van der Waals surface area contributed by atoms with Crippen molar-refractivity contribution in [3.63, 3.8) is 0 Å². The minimum atomic E-state index is -0.194. The molecular formula is C9H15N3O. The first-order valence-corrected chi connectivity index (χ1v) is 4.69. The van der Waals surface area contributed by atoms with Gasteiger partial charge < -0.3 is 10.4 Å². The zero-order valence-electron chi connectivity index (χ0n) is 7.77. The van der Waals surface area contributed by atoms with Crippen molar-refractivity contribution in [3.8, 4) is 0 Å². The molecule has 2 atom stereocenters. The Bertz CT molecular complexity index is 284. The van der Waals surface area contributed by atoms with Crippen LogP contribution < -0.4 is 5.32 Å². The molecular weight excluding hydrogens is 166 g/mol. The Hall–Kier alpha value is -1.03. The lowest BCUT2D eigenvalue weighted by molar-refractivity contribution is 0.172. The fraction of sp³-hybridized carbons (Fsp3) is 0.667. The molecule has 72 valence electrons. The molecule has 1 fully saturated rings. The van der Waals surface area contributed by atoms with E-state index in [4.69, 9.17) is 0 Å². The standard InChI is InChI=1S/C9H15N3O/c1-12-6-7(5-10-12)11-8-3-2-4-9(8)13/h5-6,8-9,11,13H,2-4H2,1H3. The Kier molecular flexibility index (Phi) is 2.22. The minimum Gasteiger partial charge on any atom is -0.391 e. The summed E-state index contributed by atoms with van der Waals surface area (Å²) < 4.78 is 1.75. The van der Waals surface area contributed by atoms with Crippen LogP contribution in [-0.2, 0) is 7.05 Å². The second kappa shape index (κ2) is 3.38. The highest BCUT2D eigenvalue weighted by atomic mass is 16.3. The molecule has 1 aromatic heterocycles. The highest BCUT2D eigenvalue weighted by molar-refractivity contribution is 5.39. The molecule has 0 aliphatic heterocycles. The summed E-state index contributed by atoms with van der Waals surface area (Å²) in [6.07, 6.45) is 6.59. The summed E-state index contributed by atoms with van der Waals surface area (Å²) in [7, 11) is 1.89. The van der Waals surface area contributed by atoms with Gasteiger partial charge in [0.15, 0.2) is 0 Å². The number of hydrogen-bond donors (Lipinski definition) is 2. The number of aryl methyl sites for hydroxylation is 1. The smallest absolute Gasteiger partial charge is 0.0741 e. The van der Waals surface area contributed by atoms with E-state index in [0.29, 0.717) is 0 Å². The van der Waals surface area contributed by atoms with Crippen molar-refractivity contribution in [3.05, 3.63) is 12.4 Å². The van der Waals surface area contributed by atoms with Crippen LogP contribution in [0.1, 0.15) is 19.3 Å². The number of rotatable bonds is 2. The van der Waals surface area contributed by atoms with Gasteiger partial charge in [-0.15, -0.1) is 0 Å². The van der Waals surface area contributed by atoms with Gasteiger partial charge in [0.05, 0.1) is 24.0 Å². The summed E-state index contributed by atoms with van der Waals surface area (Å²) in [6, 6.07) is 0.212. The Morgan fingerprint density at radius 3 is 3.00 bits per heavy atom. The first-order valence-electron chi connectivity index (χ1n) is 4.69. The van der Waals surface area contributed by atoms with Crippen LogP contribution in [0.4, 0.5) is 5.69 Å². The molecule has 0 aromatic carbocycles. The van der Waals surface area contributed by atoms with E-state index in [1.54, 1.807) is 10.9 Å². The van der Waals surface area contributed by atoms with Gasteiger partial charge in [0.25, 0.3) is 0 Å². The predicted molar refractivity (Wildman–Crippen MR) is 50.5 cm³/mol. The first-order chi connectivity index (χ1) is 6.25. The van der Waals surface area contributed by atoms with Gasteiger partial charge in [-0.1, -0.05) is 0 Å². The van der Waals surface area contributed by atoms with Gasteiger partial charge in [-0.2, -0.15) is 5.10 Å². The molecule has 0 amide bonds. The average molecular weight is 181 g/mol. The maximum Gasteiger partial charge on any atom is 0.0741 e. The highest BCUT2D eigenvalue weighted by Crippen LogP contribution is 2.22. The third-order valence-electron chi connectivity index (χ3n) is 2.54. The van der Waals surface area contributed by atoms with Crippen molar-refractivity contribution >= 4 is 5.69 Å². The van der Waals surface area contributed by atoms with E-state index in [1.807, 2.05) is 13.2 Å². The topological polar surface area (TPSA) is 50.1 Å². The van der Waals surface area contributed by atoms with Crippen molar-refractivity contribution in [2.24, 2.45) is 7.05 Å². The molecule has 2 rings (SSSR count). The van der Waals surface area contributed by atoms with Crippen LogP contribution in [0.5, 0.6) is 0 Å². The monoisotopic (exact) mass is 181 g/mol. The average Bonchev–Trinajstić information content (AvgIpc) is 2.64. The zero-order valence-corrected chi connectivity index (χ0v) is 7.77.